The Bertz CT molecular complexity index is 1140. The van der Waals surface area contributed by atoms with Gasteiger partial charge in [-0.05, 0) is 131 Å². The van der Waals surface area contributed by atoms with E-state index in [-0.39, 0.29) is 0 Å². The molecular formula is C25H61N11P5+. The molecule has 0 aromatic heterocycles. The minimum absolute atomic E-state index is 0.751. The second-order valence-corrected chi connectivity index (χ2v) is 30.3. The van der Waals surface area contributed by atoms with Crippen LogP contribution in [0.1, 0.15) is 5.56 Å². The summed E-state index contributed by atoms with van der Waals surface area (Å²) in [7, 11) is 16.0. The zero-order chi connectivity index (χ0) is 32.2. The summed E-state index contributed by atoms with van der Waals surface area (Å²) in [6.45, 7) is 12.0. The molecule has 0 fully saturated rings. The van der Waals surface area contributed by atoms with Crippen LogP contribution in [0.4, 0.5) is 0 Å². The van der Waals surface area contributed by atoms with Crippen molar-refractivity contribution >= 4 is 37.1 Å². The third kappa shape index (κ3) is 9.64. The van der Waals surface area contributed by atoms with Gasteiger partial charge in [0, 0.05) is 26.9 Å². The van der Waals surface area contributed by atoms with Crippen LogP contribution in [0.2, 0.25) is 0 Å². The summed E-state index contributed by atoms with van der Waals surface area (Å²) in [5, 5.41) is 0. The van der Waals surface area contributed by atoms with Crippen LogP contribution in [0.15, 0.2) is 48.4 Å². The lowest BCUT2D eigenvalue weighted by atomic mass is 10.2. The molecular weight excluding hydrogens is 609 g/mol. The van der Waals surface area contributed by atoms with Gasteiger partial charge in [0.25, 0.3) is 0 Å². The largest absolute Gasteiger partial charge is 0.496 e. The van der Waals surface area contributed by atoms with Crippen LogP contribution in [0.5, 0.6) is 0 Å². The van der Waals surface area contributed by atoms with Crippen LogP contribution in [-0.2, 0) is 6.54 Å². The van der Waals surface area contributed by atoms with Crippen LogP contribution < -0.4 is 0 Å². The normalized spacial score (nSPS) is 14.3. The monoisotopic (exact) mass is 670 g/mol. The molecule has 0 unspecified atom stereocenters. The lowest BCUT2D eigenvalue weighted by molar-refractivity contribution is 0.428. The summed E-state index contributed by atoms with van der Waals surface area (Å²) in [6, 6.07) is 10.6. The van der Waals surface area contributed by atoms with Gasteiger partial charge >= 0.3 is 7.87 Å². The lowest BCUT2D eigenvalue weighted by Gasteiger charge is -2.42. The predicted molar refractivity (Wildman–Crippen MR) is 194 cm³/mol. The Morgan fingerprint density at radius 1 is 0.512 bits per heavy atom. The van der Waals surface area contributed by atoms with Crippen molar-refractivity contribution in [1.82, 2.24) is 32.7 Å². The summed E-state index contributed by atoms with van der Waals surface area (Å²) in [6.07, 6.45) is 0. The number of hydrogen-bond donors (Lipinski definition) is 0. The highest BCUT2D eigenvalue weighted by Crippen LogP contribution is 2.84. The Hall–Kier alpha value is 0.290. The molecule has 240 valence electrons. The number of nitrogens with zero attached hydrogens (tertiary/aromatic N) is 11. The molecule has 1 aromatic carbocycles. The molecule has 0 aliphatic carbocycles. The quantitative estimate of drug-likeness (QED) is 0.201. The van der Waals surface area contributed by atoms with Gasteiger partial charge in [-0.15, -0.1) is 0 Å². The Morgan fingerprint density at radius 2 is 0.878 bits per heavy atom. The molecule has 0 aliphatic heterocycles. The topological polar surface area (TPSA) is 72.1 Å². The summed E-state index contributed by atoms with van der Waals surface area (Å²) in [5.74, 6) is 0. The van der Waals surface area contributed by atoms with Crippen LogP contribution in [0.3, 0.4) is 0 Å². The molecule has 1 rings (SSSR count). The highest BCUT2D eigenvalue weighted by Gasteiger charge is 2.52. The average molecular weight is 671 g/mol. The van der Waals surface area contributed by atoms with E-state index in [0.717, 1.165) is 6.54 Å². The van der Waals surface area contributed by atoms with Gasteiger partial charge in [-0.2, -0.15) is 0 Å². The van der Waals surface area contributed by atoms with E-state index >= 15 is 0 Å². The van der Waals surface area contributed by atoms with Gasteiger partial charge in [0.15, 0.2) is 0 Å². The average Bonchev–Trinajstić information content (AvgIpc) is 2.80. The van der Waals surface area contributed by atoms with E-state index in [9.17, 15) is 0 Å². The minimum Gasteiger partial charge on any atom is -0.261 e. The molecule has 0 atom stereocenters. The van der Waals surface area contributed by atoms with E-state index in [4.69, 9.17) is 18.1 Å². The Balaban J connectivity index is 4.68. The molecule has 11 nitrogen and oxygen atoms in total. The van der Waals surface area contributed by atoms with Crippen molar-refractivity contribution < 1.29 is 0 Å². The van der Waals surface area contributed by atoms with E-state index in [1.54, 1.807) is 0 Å². The van der Waals surface area contributed by atoms with Gasteiger partial charge in [0.2, 0.25) is 7.51 Å². The van der Waals surface area contributed by atoms with Crippen molar-refractivity contribution in [3.05, 3.63) is 35.9 Å². The Morgan fingerprint density at radius 3 is 1.17 bits per heavy atom. The maximum atomic E-state index is 6.00. The molecule has 1 aromatic rings. The second kappa shape index (κ2) is 15.0. The summed E-state index contributed by atoms with van der Waals surface area (Å²) >= 11 is 0. The number of hydrogen-bond acceptors (Lipinski definition) is 4. The van der Waals surface area contributed by atoms with E-state index in [1.165, 1.54) is 5.56 Å². The maximum Gasteiger partial charge on any atom is 0.496 e. The first-order chi connectivity index (χ1) is 18.5. The fourth-order valence-electron chi connectivity index (χ4n) is 4.26. The first kappa shape index (κ1) is 39.3. The Labute approximate surface area is 254 Å². The summed E-state index contributed by atoms with van der Waals surface area (Å²) in [4.78, 5) is 0. The molecule has 0 saturated heterocycles. The second-order valence-electron chi connectivity index (χ2n) is 12.5. The highest BCUT2D eigenvalue weighted by molar-refractivity contribution is 7.88. The van der Waals surface area contributed by atoms with Crippen molar-refractivity contribution in [2.24, 2.45) is 18.1 Å². The standard InChI is InChI=1S/C25H61N11P5/c1-30(2)38(17,31(3)4)27-40(26-37(14,15)16,28-39(18,32(5)6)33(7)8)29-41(34(9)10,35(11)12)36(13)24-25-22-20-19-21-23-25/h19-23H,24H2,1-18H3/q+1. The van der Waals surface area contributed by atoms with Crippen LogP contribution >= 0.6 is 37.1 Å². The zero-order valence-corrected chi connectivity index (χ0v) is 33.7. The van der Waals surface area contributed by atoms with E-state index in [0.29, 0.717) is 0 Å². The third-order valence-electron chi connectivity index (χ3n) is 7.02. The maximum absolute atomic E-state index is 6.00. The van der Waals surface area contributed by atoms with Crippen molar-refractivity contribution in [2.45, 2.75) is 6.54 Å². The van der Waals surface area contributed by atoms with Crippen molar-refractivity contribution in [3.8, 4) is 0 Å². The van der Waals surface area contributed by atoms with E-state index in [1.807, 2.05) is 0 Å². The lowest BCUT2D eigenvalue weighted by Crippen LogP contribution is -2.32. The molecule has 0 spiro atoms. The molecule has 41 heavy (non-hydrogen) atoms. The fraction of sp³-hybridized carbons (Fsp3) is 0.760. The van der Waals surface area contributed by atoms with Crippen LogP contribution in [0, 0.1) is 0 Å². The van der Waals surface area contributed by atoms with Gasteiger partial charge < -0.3 is 0 Å². The molecule has 0 aliphatic rings. The molecule has 16 heteroatoms. The smallest absolute Gasteiger partial charge is 0.261 e. The molecule has 0 saturated carbocycles. The first-order valence-corrected chi connectivity index (χ1v) is 24.1. The van der Waals surface area contributed by atoms with Gasteiger partial charge in [0.05, 0.1) is 0 Å². The summed E-state index contributed by atoms with van der Waals surface area (Å²) in [5.41, 5.74) is 1.24. The van der Waals surface area contributed by atoms with Crippen LogP contribution in [-0.4, -0.2) is 158 Å². The summed E-state index contributed by atoms with van der Waals surface area (Å²) < 4.78 is 39.4. The Kier molecular flexibility index (Phi) is 14.4. The molecule has 0 radical (unpaired) electrons. The highest BCUT2D eigenvalue weighted by atomic mass is 31.3. The SMILES string of the molecule is CN(C)P(C)(=N[P+](N=P(C)(C)C)(N=P(C)(N(C)C)N(C)C)N=P(N(C)C)(N(C)C)N(C)Cc1ccccc1)N(C)C. The van der Waals surface area contributed by atoms with Gasteiger partial charge in [-0.25, -0.2) is 14.0 Å². The molecule has 0 N–H and O–H groups in total. The van der Waals surface area contributed by atoms with Crippen LogP contribution in [0.25, 0.3) is 0 Å². The number of rotatable bonds is 13. The number of benzene rings is 1. The van der Waals surface area contributed by atoms with Gasteiger partial charge in [0.1, 0.15) is 14.7 Å². The van der Waals surface area contributed by atoms with Crippen molar-refractivity contribution in [2.75, 3.05) is 125 Å². The minimum atomic E-state index is -3.06. The third-order valence-corrected chi connectivity index (χ3v) is 25.9. The van der Waals surface area contributed by atoms with Crippen molar-refractivity contribution in [1.29, 1.82) is 0 Å². The van der Waals surface area contributed by atoms with Crippen molar-refractivity contribution in [3.63, 3.8) is 0 Å². The van der Waals surface area contributed by atoms with E-state index in [2.05, 4.69) is 188 Å². The first-order valence-electron chi connectivity index (χ1n) is 13.6. The molecule has 0 bridgehead atoms. The van der Waals surface area contributed by atoms with Gasteiger partial charge in [-0.1, -0.05) is 34.8 Å². The molecule has 0 heterocycles. The fourth-order valence-corrected chi connectivity index (χ4v) is 23.0. The van der Waals surface area contributed by atoms with Gasteiger partial charge in [-0.3, -0.25) is 18.7 Å². The van der Waals surface area contributed by atoms with E-state index < -0.39 is 37.1 Å². The molecule has 0 amide bonds. The predicted octanol–water partition coefficient (Wildman–Crippen LogP) is 7.52. The zero-order valence-electron chi connectivity index (χ0n) is 29.2.